The Balaban J connectivity index is 2.60. The number of nitrogens with one attached hydrogen (secondary N) is 3. The molecule has 19 heavy (non-hydrogen) atoms. The van der Waals surface area contributed by atoms with Gasteiger partial charge < -0.3 is 5.43 Å². The molecule has 8 nitrogen and oxygen atoms in total. The van der Waals surface area contributed by atoms with E-state index >= 15 is 0 Å². The first-order chi connectivity index (χ1) is 8.74. The fourth-order valence-electron chi connectivity index (χ4n) is 1.24. The van der Waals surface area contributed by atoms with Crippen LogP contribution in [0.1, 0.15) is 0 Å². The fourth-order valence-corrected chi connectivity index (χ4v) is 2.74. The number of hydrogen-bond donors (Lipinski definition) is 4. The van der Waals surface area contributed by atoms with E-state index in [1.165, 1.54) is 24.3 Å². The summed E-state index contributed by atoms with van der Waals surface area (Å²) in [4.78, 5) is 0.0749. The van der Waals surface area contributed by atoms with E-state index in [1.54, 1.807) is 0 Å². The van der Waals surface area contributed by atoms with Gasteiger partial charge in [-0.15, -0.1) is 0 Å². The monoisotopic (exact) mass is 308 g/mol. The maximum atomic E-state index is 11.8. The van der Waals surface area contributed by atoms with Crippen LogP contribution in [-0.4, -0.2) is 36.2 Å². The number of sulfonamides is 2. The van der Waals surface area contributed by atoms with Crippen LogP contribution in [0.15, 0.2) is 29.2 Å². The van der Waals surface area contributed by atoms with Crippen molar-refractivity contribution in [3.8, 4) is 0 Å². The summed E-state index contributed by atoms with van der Waals surface area (Å²) in [5.41, 5.74) is 2.96. The molecule has 1 aromatic carbocycles. The third-order valence-corrected chi connectivity index (χ3v) is 4.32. The maximum Gasteiger partial charge on any atom is 0.240 e. The van der Waals surface area contributed by atoms with Gasteiger partial charge in [0.2, 0.25) is 20.0 Å². The van der Waals surface area contributed by atoms with Gasteiger partial charge in [-0.05, 0) is 24.3 Å². The molecule has 0 saturated carbocycles. The average Bonchev–Trinajstić information content (AvgIpc) is 2.34. The van der Waals surface area contributed by atoms with E-state index in [1.807, 2.05) is 0 Å². The maximum absolute atomic E-state index is 11.8. The molecule has 5 N–H and O–H groups in total. The van der Waals surface area contributed by atoms with Crippen LogP contribution < -0.4 is 20.7 Å². The predicted octanol–water partition coefficient (Wildman–Crippen LogP) is -1.20. The van der Waals surface area contributed by atoms with Crippen LogP contribution in [0, 0.1) is 0 Å². The van der Waals surface area contributed by atoms with E-state index in [0.29, 0.717) is 5.69 Å². The van der Waals surface area contributed by atoms with Crippen molar-refractivity contribution >= 4 is 25.7 Å². The van der Waals surface area contributed by atoms with E-state index in [0.717, 1.165) is 6.26 Å². The fraction of sp³-hybridized carbons (Fsp3) is 0.333. The van der Waals surface area contributed by atoms with Crippen molar-refractivity contribution in [3.63, 3.8) is 0 Å². The molecule has 0 aliphatic rings. The summed E-state index contributed by atoms with van der Waals surface area (Å²) in [6.45, 7) is -0.0488. The van der Waals surface area contributed by atoms with Gasteiger partial charge in [0.1, 0.15) is 0 Å². The van der Waals surface area contributed by atoms with Gasteiger partial charge >= 0.3 is 0 Å². The molecular formula is C9H16N4O4S2. The minimum absolute atomic E-state index is 0.0134. The molecule has 0 aliphatic heterocycles. The van der Waals surface area contributed by atoms with Gasteiger partial charge in [-0.1, -0.05) is 0 Å². The Hall–Kier alpha value is -1.20. The van der Waals surface area contributed by atoms with Crippen LogP contribution in [0.3, 0.4) is 0 Å². The van der Waals surface area contributed by atoms with Gasteiger partial charge in [-0.2, -0.15) is 0 Å². The van der Waals surface area contributed by atoms with Gasteiger partial charge in [-0.3, -0.25) is 5.84 Å². The van der Waals surface area contributed by atoms with E-state index in [2.05, 4.69) is 14.9 Å². The second-order valence-electron chi connectivity index (χ2n) is 3.73. The first kappa shape index (κ1) is 15.9. The lowest BCUT2D eigenvalue weighted by molar-refractivity contribution is 0.573. The molecule has 0 aromatic heterocycles. The van der Waals surface area contributed by atoms with Gasteiger partial charge in [0.05, 0.1) is 11.2 Å². The van der Waals surface area contributed by atoms with Crippen molar-refractivity contribution in [3.05, 3.63) is 24.3 Å². The highest BCUT2D eigenvalue weighted by Gasteiger charge is 2.13. The van der Waals surface area contributed by atoms with Crippen molar-refractivity contribution in [1.82, 2.24) is 9.44 Å². The number of rotatable bonds is 7. The third-order valence-electron chi connectivity index (χ3n) is 2.11. The highest BCUT2D eigenvalue weighted by molar-refractivity contribution is 7.89. The molecule has 0 saturated heterocycles. The summed E-state index contributed by atoms with van der Waals surface area (Å²) in [5, 5.41) is 0. The van der Waals surface area contributed by atoms with Crippen LogP contribution >= 0.6 is 0 Å². The summed E-state index contributed by atoms with van der Waals surface area (Å²) in [7, 11) is -6.98. The Morgan fingerprint density at radius 2 is 1.53 bits per heavy atom. The topological polar surface area (TPSA) is 130 Å². The van der Waals surface area contributed by atoms with Crippen LogP contribution in [0.5, 0.6) is 0 Å². The Kier molecular flexibility index (Phi) is 5.26. The third kappa shape index (κ3) is 5.53. The Bertz CT molecular complexity index is 610. The van der Waals surface area contributed by atoms with Gasteiger partial charge in [0.25, 0.3) is 0 Å². The van der Waals surface area contributed by atoms with Gasteiger partial charge in [0.15, 0.2) is 0 Å². The van der Waals surface area contributed by atoms with Crippen molar-refractivity contribution < 1.29 is 16.8 Å². The normalized spacial score (nSPS) is 12.3. The summed E-state index contributed by atoms with van der Waals surface area (Å²) in [6, 6.07) is 5.82. The van der Waals surface area contributed by atoms with Crippen LogP contribution in [0.25, 0.3) is 0 Å². The number of hydrogen-bond acceptors (Lipinski definition) is 6. The zero-order valence-corrected chi connectivity index (χ0v) is 11.9. The largest absolute Gasteiger partial charge is 0.324 e. The highest BCUT2D eigenvalue weighted by Crippen LogP contribution is 2.12. The molecule has 0 radical (unpaired) electrons. The smallest absolute Gasteiger partial charge is 0.240 e. The molecule has 0 atom stereocenters. The first-order valence-corrected chi connectivity index (χ1v) is 8.63. The second kappa shape index (κ2) is 6.30. The second-order valence-corrected chi connectivity index (χ2v) is 7.33. The van der Waals surface area contributed by atoms with Crippen molar-refractivity contribution in [2.24, 2.45) is 5.84 Å². The molecule has 0 amide bonds. The van der Waals surface area contributed by atoms with Crippen LogP contribution in [0.4, 0.5) is 5.69 Å². The van der Waals surface area contributed by atoms with E-state index < -0.39 is 20.0 Å². The lowest BCUT2D eigenvalue weighted by atomic mass is 10.3. The molecule has 0 heterocycles. The molecule has 10 heteroatoms. The van der Waals surface area contributed by atoms with Crippen molar-refractivity contribution in [1.29, 1.82) is 0 Å². The highest BCUT2D eigenvalue weighted by atomic mass is 32.2. The van der Waals surface area contributed by atoms with Crippen LogP contribution in [-0.2, 0) is 20.0 Å². The minimum atomic E-state index is -3.66. The Morgan fingerprint density at radius 3 is 2.00 bits per heavy atom. The van der Waals surface area contributed by atoms with Crippen molar-refractivity contribution in [2.45, 2.75) is 4.90 Å². The van der Waals surface area contributed by atoms with E-state index in [4.69, 9.17) is 5.84 Å². The molecule has 0 spiro atoms. The molecular weight excluding hydrogens is 292 g/mol. The Labute approximate surface area is 112 Å². The quantitative estimate of drug-likeness (QED) is 0.284. The molecule has 0 bridgehead atoms. The summed E-state index contributed by atoms with van der Waals surface area (Å²) in [5.74, 6) is 5.17. The SMILES string of the molecule is CS(=O)(=O)NCCNS(=O)(=O)c1ccc(NN)cc1. The van der Waals surface area contributed by atoms with E-state index in [9.17, 15) is 16.8 Å². The lowest BCUT2D eigenvalue weighted by Crippen LogP contribution is -2.34. The average molecular weight is 308 g/mol. The molecule has 1 rings (SSSR count). The van der Waals surface area contributed by atoms with Crippen molar-refractivity contribution in [2.75, 3.05) is 24.8 Å². The zero-order chi connectivity index (χ0) is 14.5. The minimum Gasteiger partial charge on any atom is -0.324 e. The molecule has 1 aromatic rings. The van der Waals surface area contributed by atoms with E-state index in [-0.39, 0.29) is 18.0 Å². The zero-order valence-electron chi connectivity index (χ0n) is 10.3. The predicted molar refractivity (Wildman–Crippen MR) is 72.3 cm³/mol. The number of hydrazine groups is 1. The Morgan fingerprint density at radius 1 is 1.00 bits per heavy atom. The number of benzene rings is 1. The standard InChI is InChI=1S/C9H16N4O4S2/c1-18(14,15)11-6-7-12-19(16,17)9-4-2-8(13-10)3-5-9/h2-5,11-13H,6-7,10H2,1H3. The van der Waals surface area contributed by atoms with Gasteiger partial charge in [-0.25, -0.2) is 26.3 Å². The lowest BCUT2D eigenvalue weighted by Gasteiger charge is -2.07. The molecule has 0 unspecified atom stereocenters. The number of nitrogen functional groups attached to an aromatic ring is 1. The summed E-state index contributed by atoms with van der Waals surface area (Å²) >= 11 is 0. The summed E-state index contributed by atoms with van der Waals surface area (Å²) in [6.07, 6.45) is 1.00. The summed E-state index contributed by atoms with van der Waals surface area (Å²) < 4.78 is 49.7. The molecule has 108 valence electrons. The number of nitrogens with two attached hydrogens (primary N) is 1. The molecule has 0 fully saturated rings. The van der Waals surface area contributed by atoms with Crippen LogP contribution in [0.2, 0.25) is 0 Å². The molecule has 0 aliphatic carbocycles. The number of anilines is 1. The van der Waals surface area contributed by atoms with Gasteiger partial charge in [0, 0.05) is 18.8 Å². The first-order valence-electron chi connectivity index (χ1n) is 5.25.